The second kappa shape index (κ2) is 1.44. The smallest absolute Gasteiger partial charge is 0.0235 e. The Hall–Kier alpha value is 0. The lowest BCUT2D eigenvalue weighted by molar-refractivity contribution is 0.389. The van der Waals surface area contributed by atoms with Gasteiger partial charge in [-0.2, -0.15) is 0 Å². The monoisotopic (exact) mass is 136 g/mol. The van der Waals surface area contributed by atoms with Crippen molar-refractivity contribution in [3.63, 3.8) is 0 Å². The first kappa shape index (κ1) is 5.62. The van der Waals surface area contributed by atoms with E-state index in [0.29, 0.717) is 0 Å². The second-order valence-corrected chi connectivity index (χ2v) is 4.95. The summed E-state index contributed by atoms with van der Waals surface area (Å²) in [7, 11) is 0. The quantitative estimate of drug-likeness (QED) is 0.480. The Balaban J connectivity index is 1.93. The van der Waals surface area contributed by atoms with Gasteiger partial charge in [0.15, 0.2) is 0 Å². The zero-order valence-electron chi connectivity index (χ0n) is 6.77. The number of hydrogen-bond acceptors (Lipinski definition) is 0. The highest BCUT2D eigenvalue weighted by molar-refractivity contribution is 5.14. The molecular weight excluding hydrogens is 120 g/mol. The molecule has 3 aliphatic carbocycles. The minimum Gasteiger partial charge on any atom is -0.0625 e. The molecule has 0 heterocycles. The molecule has 10 heavy (non-hydrogen) atoms. The minimum absolute atomic E-state index is 0.944. The van der Waals surface area contributed by atoms with Crippen molar-refractivity contribution in [3.8, 4) is 0 Å². The summed E-state index contributed by atoms with van der Waals surface area (Å²) >= 11 is 0. The summed E-state index contributed by atoms with van der Waals surface area (Å²) in [5.74, 6) is 3.44. The van der Waals surface area contributed by atoms with Crippen molar-refractivity contribution < 1.29 is 0 Å². The maximum Gasteiger partial charge on any atom is -0.0235 e. The van der Waals surface area contributed by atoms with E-state index >= 15 is 0 Å². The van der Waals surface area contributed by atoms with E-state index in [9.17, 15) is 0 Å². The molecule has 0 aromatic heterocycles. The van der Waals surface area contributed by atoms with Crippen molar-refractivity contribution in [1.29, 1.82) is 0 Å². The summed E-state index contributed by atoms with van der Waals surface area (Å²) in [6.07, 6.45) is 7.92. The first-order valence-corrected chi connectivity index (χ1v) is 4.81. The molecule has 0 aromatic rings. The molecule has 3 saturated carbocycles. The predicted octanol–water partition coefficient (Wildman–Crippen LogP) is 2.83. The van der Waals surface area contributed by atoms with E-state index in [-0.39, 0.29) is 0 Å². The van der Waals surface area contributed by atoms with E-state index in [2.05, 4.69) is 6.92 Å². The largest absolute Gasteiger partial charge is 0.0625 e. The summed E-state index contributed by atoms with van der Waals surface area (Å²) in [5, 5.41) is 0. The van der Waals surface area contributed by atoms with Gasteiger partial charge in [0.2, 0.25) is 0 Å². The normalized spacial score (nSPS) is 63.9. The molecule has 3 aliphatic rings. The minimum atomic E-state index is 0.944. The Kier molecular flexibility index (Phi) is 0.810. The summed E-state index contributed by atoms with van der Waals surface area (Å²) in [6.45, 7) is 2.45. The standard InChI is InChI=1S/C10H16/c1-7-4-8-2-3-9-6-10(8,9)5-7/h7-9H,2-6H2,1H3. The lowest BCUT2D eigenvalue weighted by atomic mass is 9.95. The maximum atomic E-state index is 2.45. The van der Waals surface area contributed by atoms with Crippen LogP contribution in [0.4, 0.5) is 0 Å². The molecule has 3 fully saturated rings. The zero-order chi connectivity index (χ0) is 6.77. The van der Waals surface area contributed by atoms with Crippen LogP contribution in [0.15, 0.2) is 0 Å². The predicted molar refractivity (Wildman–Crippen MR) is 41.7 cm³/mol. The molecule has 0 amide bonds. The van der Waals surface area contributed by atoms with Crippen LogP contribution in [0.3, 0.4) is 0 Å². The molecule has 3 rings (SSSR count). The molecule has 0 N–H and O–H groups in total. The van der Waals surface area contributed by atoms with Crippen LogP contribution in [-0.4, -0.2) is 0 Å². The zero-order valence-corrected chi connectivity index (χ0v) is 6.77. The van der Waals surface area contributed by atoms with Gasteiger partial charge < -0.3 is 0 Å². The Morgan fingerprint density at radius 3 is 2.60 bits per heavy atom. The van der Waals surface area contributed by atoms with Gasteiger partial charge >= 0.3 is 0 Å². The van der Waals surface area contributed by atoms with Gasteiger partial charge in [-0.15, -0.1) is 0 Å². The third-order valence-corrected chi connectivity index (χ3v) is 4.37. The van der Waals surface area contributed by atoms with Gasteiger partial charge in [-0.25, -0.2) is 0 Å². The van der Waals surface area contributed by atoms with Gasteiger partial charge in [-0.1, -0.05) is 6.92 Å². The summed E-state index contributed by atoms with van der Waals surface area (Å²) in [5.41, 5.74) is 0.944. The van der Waals surface area contributed by atoms with Crippen LogP contribution in [0.5, 0.6) is 0 Å². The van der Waals surface area contributed by atoms with Crippen molar-refractivity contribution in [2.24, 2.45) is 23.2 Å². The molecule has 0 nitrogen and oxygen atoms in total. The first-order valence-electron chi connectivity index (χ1n) is 4.81. The van der Waals surface area contributed by atoms with Crippen molar-refractivity contribution in [1.82, 2.24) is 0 Å². The number of rotatable bonds is 0. The van der Waals surface area contributed by atoms with E-state index in [1.54, 1.807) is 32.1 Å². The Bertz CT molecular complexity index is 173. The highest BCUT2D eigenvalue weighted by atomic mass is 14.7. The number of hydrogen-bond donors (Lipinski definition) is 0. The summed E-state index contributed by atoms with van der Waals surface area (Å²) < 4.78 is 0. The molecule has 0 radical (unpaired) electrons. The van der Waals surface area contributed by atoms with E-state index in [0.717, 1.165) is 11.3 Å². The third kappa shape index (κ3) is 0.466. The Morgan fingerprint density at radius 2 is 1.90 bits per heavy atom. The Morgan fingerprint density at radius 1 is 1.10 bits per heavy atom. The van der Waals surface area contributed by atoms with Crippen molar-refractivity contribution >= 4 is 0 Å². The molecule has 0 saturated heterocycles. The van der Waals surface area contributed by atoms with E-state index in [1.807, 2.05) is 0 Å². The molecule has 1 spiro atoms. The Labute approximate surface area is 63.0 Å². The molecule has 56 valence electrons. The van der Waals surface area contributed by atoms with Gasteiger partial charge in [0.1, 0.15) is 0 Å². The topological polar surface area (TPSA) is 0 Å². The average Bonchev–Trinajstić information content (AvgIpc) is 2.28. The fraction of sp³-hybridized carbons (Fsp3) is 1.00. The van der Waals surface area contributed by atoms with E-state index in [1.165, 1.54) is 11.8 Å². The van der Waals surface area contributed by atoms with Crippen molar-refractivity contribution in [2.75, 3.05) is 0 Å². The van der Waals surface area contributed by atoms with Crippen molar-refractivity contribution in [2.45, 2.75) is 39.0 Å². The SMILES string of the molecule is CC1CC2CCC3CC23C1. The van der Waals surface area contributed by atoms with Crippen LogP contribution in [-0.2, 0) is 0 Å². The van der Waals surface area contributed by atoms with Gasteiger partial charge in [0.25, 0.3) is 0 Å². The molecule has 0 heteroatoms. The van der Waals surface area contributed by atoms with E-state index < -0.39 is 0 Å². The highest BCUT2D eigenvalue weighted by Gasteiger charge is 2.64. The molecule has 0 aromatic carbocycles. The first-order chi connectivity index (χ1) is 4.81. The van der Waals surface area contributed by atoms with Crippen LogP contribution in [0.2, 0.25) is 0 Å². The molecule has 0 aliphatic heterocycles. The average molecular weight is 136 g/mol. The van der Waals surface area contributed by atoms with E-state index in [4.69, 9.17) is 0 Å². The lowest BCUT2D eigenvalue weighted by Crippen LogP contribution is -2.02. The van der Waals surface area contributed by atoms with Gasteiger partial charge in [0, 0.05) is 0 Å². The third-order valence-electron chi connectivity index (χ3n) is 4.37. The second-order valence-electron chi connectivity index (χ2n) is 4.95. The highest BCUT2D eigenvalue weighted by Crippen LogP contribution is 2.74. The fourth-order valence-electron chi connectivity index (χ4n) is 3.97. The molecule has 4 unspecified atom stereocenters. The van der Waals surface area contributed by atoms with Gasteiger partial charge in [-0.05, 0) is 55.3 Å². The lowest BCUT2D eigenvalue weighted by Gasteiger charge is -2.10. The molecule has 0 bridgehead atoms. The molecule has 4 atom stereocenters. The van der Waals surface area contributed by atoms with Gasteiger partial charge in [-0.3, -0.25) is 0 Å². The van der Waals surface area contributed by atoms with Crippen LogP contribution in [0, 0.1) is 23.2 Å². The van der Waals surface area contributed by atoms with Crippen LogP contribution < -0.4 is 0 Å². The fourth-order valence-corrected chi connectivity index (χ4v) is 3.97. The summed E-state index contributed by atoms with van der Waals surface area (Å²) in [6, 6.07) is 0. The van der Waals surface area contributed by atoms with Crippen LogP contribution in [0.1, 0.15) is 39.0 Å². The van der Waals surface area contributed by atoms with Crippen molar-refractivity contribution in [3.05, 3.63) is 0 Å². The maximum absolute atomic E-state index is 2.45. The van der Waals surface area contributed by atoms with Crippen LogP contribution >= 0.6 is 0 Å². The summed E-state index contributed by atoms with van der Waals surface area (Å²) in [4.78, 5) is 0. The van der Waals surface area contributed by atoms with Gasteiger partial charge in [0.05, 0.1) is 0 Å². The van der Waals surface area contributed by atoms with Crippen LogP contribution in [0.25, 0.3) is 0 Å². The molecular formula is C10H16.